The van der Waals surface area contributed by atoms with E-state index >= 15 is 0 Å². The van der Waals surface area contributed by atoms with Crippen LogP contribution >= 0.6 is 11.3 Å². The first-order valence-electron chi connectivity index (χ1n) is 4.71. The molecular weight excluding hydrogens is 180 g/mol. The molecule has 0 aliphatic carbocycles. The van der Waals surface area contributed by atoms with Gasteiger partial charge in [0.05, 0.1) is 0 Å². The van der Waals surface area contributed by atoms with Gasteiger partial charge in [-0.05, 0) is 50.4 Å². The molecule has 1 aromatic rings. The topological polar surface area (TPSA) is 38.0 Å². The van der Waals surface area contributed by atoms with Gasteiger partial charge < -0.3 is 11.1 Å². The third kappa shape index (κ3) is 2.79. The Hall–Kier alpha value is -0.380. The molecule has 0 aromatic carbocycles. The van der Waals surface area contributed by atoms with Crippen LogP contribution < -0.4 is 11.1 Å². The minimum atomic E-state index is 0.489. The lowest BCUT2D eigenvalue weighted by Crippen LogP contribution is -2.17. The van der Waals surface area contributed by atoms with Gasteiger partial charge in [-0.25, -0.2) is 0 Å². The average Bonchev–Trinajstić information content (AvgIpc) is 2.54. The molecule has 0 bridgehead atoms. The Balaban J connectivity index is 2.61. The number of hydrogen-bond acceptors (Lipinski definition) is 3. The smallest absolute Gasteiger partial charge is 0.0415 e. The van der Waals surface area contributed by atoms with Crippen molar-refractivity contribution >= 4 is 11.3 Å². The van der Waals surface area contributed by atoms with Crippen molar-refractivity contribution < 1.29 is 0 Å². The molecule has 1 heterocycles. The van der Waals surface area contributed by atoms with Crippen LogP contribution in [0.1, 0.15) is 29.3 Å². The fraction of sp³-hybridized carbons (Fsp3) is 0.600. The molecule has 1 aromatic heterocycles. The highest BCUT2D eigenvalue weighted by Crippen LogP contribution is 2.26. The Morgan fingerprint density at radius 3 is 2.85 bits per heavy atom. The molecule has 1 atom stereocenters. The van der Waals surface area contributed by atoms with Crippen molar-refractivity contribution in [1.29, 1.82) is 0 Å². The van der Waals surface area contributed by atoms with Crippen molar-refractivity contribution in [2.24, 2.45) is 5.73 Å². The van der Waals surface area contributed by atoms with Gasteiger partial charge in [-0.2, -0.15) is 0 Å². The van der Waals surface area contributed by atoms with Gasteiger partial charge >= 0.3 is 0 Å². The Bertz CT molecular complexity index is 245. The fourth-order valence-corrected chi connectivity index (χ4v) is 2.54. The average molecular weight is 198 g/mol. The monoisotopic (exact) mass is 198 g/mol. The van der Waals surface area contributed by atoms with Crippen LogP contribution in [-0.2, 0) is 0 Å². The standard InChI is InChI=1S/C10H18N2S/c1-8-5-7-13-10(8)9(12-2)4-3-6-11/h5,7,9,12H,3-4,6,11H2,1-2H3. The van der Waals surface area contributed by atoms with Crippen molar-refractivity contribution in [2.45, 2.75) is 25.8 Å². The molecule has 0 saturated heterocycles. The maximum Gasteiger partial charge on any atom is 0.0415 e. The molecule has 3 heteroatoms. The third-order valence-corrected chi connectivity index (χ3v) is 3.40. The minimum absolute atomic E-state index is 0.489. The second-order valence-electron chi connectivity index (χ2n) is 3.24. The molecule has 1 unspecified atom stereocenters. The molecule has 0 fully saturated rings. The predicted molar refractivity (Wildman–Crippen MR) is 59.1 cm³/mol. The first-order valence-corrected chi connectivity index (χ1v) is 5.59. The molecule has 0 aliphatic heterocycles. The van der Waals surface area contributed by atoms with Crippen LogP contribution in [0.3, 0.4) is 0 Å². The highest BCUT2D eigenvalue weighted by atomic mass is 32.1. The van der Waals surface area contributed by atoms with E-state index < -0.39 is 0 Å². The first kappa shape index (κ1) is 10.7. The minimum Gasteiger partial charge on any atom is -0.330 e. The number of thiophene rings is 1. The highest BCUT2D eigenvalue weighted by molar-refractivity contribution is 7.10. The Morgan fingerprint density at radius 1 is 1.62 bits per heavy atom. The summed E-state index contributed by atoms with van der Waals surface area (Å²) in [4.78, 5) is 1.45. The van der Waals surface area contributed by atoms with Gasteiger partial charge in [0.2, 0.25) is 0 Å². The normalized spacial score (nSPS) is 13.2. The van der Waals surface area contributed by atoms with Crippen molar-refractivity contribution in [1.82, 2.24) is 5.32 Å². The SMILES string of the molecule is CNC(CCCN)c1sccc1C. The van der Waals surface area contributed by atoms with Crippen LogP contribution in [0.4, 0.5) is 0 Å². The van der Waals surface area contributed by atoms with Gasteiger partial charge in [-0.15, -0.1) is 11.3 Å². The number of aryl methyl sites for hydroxylation is 1. The van der Waals surface area contributed by atoms with Crippen LogP contribution in [0.25, 0.3) is 0 Å². The Morgan fingerprint density at radius 2 is 2.38 bits per heavy atom. The van der Waals surface area contributed by atoms with E-state index in [4.69, 9.17) is 5.73 Å². The van der Waals surface area contributed by atoms with Crippen molar-refractivity contribution in [2.75, 3.05) is 13.6 Å². The van der Waals surface area contributed by atoms with Gasteiger partial charge in [-0.3, -0.25) is 0 Å². The number of nitrogens with two attached hydrogens (primary N) is 1. The summed E-state index contributed by atoms with van der Waals surface area (Å²) in [6.45, 7) is 2.95. The molecule has 74 valence electrons. The van der Waals surface area contributed by atoms with E-state index in [9.17, 15) is 0 Å². The molecule has 0 aliphatic rings. The lowest BCUT2D eigenvalue weighted by molar-refractivity contribution is 0.537. The molecule has 13 heavy (non-hydrogen) atoms. The van der Waals surface area contributed by atoms with Crippen LogP contribution in [0, 0.1) is 6.92 Å². The zero-order valence-electron chi connectivity index (χ0n) is 8.34. The quantitative estimate of drug-likeness (QED) is 0.760. The van der Waals surface area contributed by atoms with Crippen molar-refractivity contribution in [3.63, 3.8) is 0 Å². The molecule has 1 rings (SSSR count). The number of hydrogen-bond donors (Lipinski definition) is 2. The molecule has 0 spiro atoms. The van der Waals surface area contributed by atoms with Crippen LogP contribution in [0.15, 0.2) is 11.4 Å². The molecule has 3 N–H and O–H groups in total. The summed E-state index contributed by atoms with van der Waals surface area (Å²) in [5.41, 5.74) is 6.89. The van der Waals surface area contributed by atoms with E-state index in [0.717, 1.165) is 19.4 Å². The summed E-state index contributed by atoms with van der Waals surface area (Å²) in [6.07, 6.45) is 2.22. The second-order valence-corrected chi connectivity index (χ2v) is 4.19. The van der Waals surface area contributed by atoms with Gasteiger partial charge in [0, 0.05) is 10.9 Å². The zero-order valence-corrected chi connectivity index (χ0v) is 9.16. The molecular formula is C10H18N2S. The first-order chi connectivity index (χ1) is 6.29. The Kier molecular flexibility index (Phi) is 4.42. The van der Waals surface area contributed by atoms with Crippen molar-refractivity contribution in [3.05, 3.63) is 21.9 Å². The molecule has 0 amide bonds. The fourth-order valence-electron chi connectivity index (χ4n) is 1.47. The lowest BCUT2D eigenvalue weighted by atomic mass is 10.1. The molecule has 2 nitrogen and oxygen atoms in total. The predicted octanol–water partition coefficient (Wildman–Crippen LogP) is 2.06. The zero-order chi connectivity index (χ0) is 9.68. The largest absolute Gasteiger partial charge is 0.330 e. The second kappa shape index (κ2) is 5.37. The summed E-state index contributed by atoms with van der Waals surface area (Å²) < 4.78 is 0. The van der Waals surface area contributed by atoms with Crippen LogP contribution in [0.2, 0.25) is 0 Å². The van der Waals surface area contributed by atoms with Gasteiger partial charge in [-0.1, -0.05) is 0 Å². The summed E-state index contributed by atoms with van der Waals surface area (Å²) in [5.74, 6) is 0. The van der Waals surface area contributed by atoms with Gasteiger partial charge in [0.1, 0.15) is 0 Å². The van der Waals surface area contributed by atoms with Gasteiger partial charge in [0.15, 0.2) is 0 Å². The summed E-state index contributed by atoms with van der Waals surface area (Å²) in [5, 5.41) is 5.49. The highest BCUT2D eigenvalue weighted by Gasteiger charge is 2.11. The van der Waals surface area contributed by atoms with Crippen LogP contribution in [-0.4, -0.2) is 13.6 Å². The van der Waals surface area contributed by atoms with Gasteiger partial charge in [0.25, 0.3) is 0 Å². The number of nitrogens with one attached hydrogen (secondary N) is 1. The Labute approximate surface area is 84.2 Å². The number of rotatable bonds is 5. The molecule has 0 radical (unpaired) electrons. The van der Waals surface area contributed by atoms with E-state index in [1.807, 2.05) is 18.4 Å². The summed E-state index contributed by atoms with van der Waals surface area (Å²) in [6, 6.07) is 2.66. The third-order valence-electron chi connectivity index (χ3n) is 2.26. The maximum atomic E-state index is 5.50. The van der Waals surface area contributed by atoms with E-state index in [0.29, 0.717) is 6.04 Å². The lowest BCUT2D eigenvalue weighted by Gasteiger charge is -2.14. The van der Waals surface area contributed by atoms with E-state index in [1.54, 1.807) is 0 Å². The van der Waals surface area contributed by atoms with E-state index in [1.165, 1.54) is 10.4 Å². The summed E-state index contributed by atoms with van der Waals surface area (Å²) in [7, 11) is 2.01. The summed E-state index contributed by atoms with van der Waals surface area (Å²) >= 11 is 1.83. The van der Waals surface area contributed by atoms with E-state index in [-0.39, 0.29) is 0 Å². The maximum absolute atomic E-state index is 5.50. The van der Waals surface area contributed by atoms with Crippen molar-refractivity contribution in [3.8, 4) is 0 Å². The van der Waals surface area contributed by atoms with Crippen LogP contribution in [0.5, 0.6) is 0 Å². The molecule has 0 saturated carbocycles. The van der Waals surface area contributed by atoms with E-state index in [2.05, 4.69) is 23.7 Å².